The Morgan fingerprint density at radius 1 is 0.396 bits per heavy atom. The van der Waals surface area contributed by atoms with Gasteiger partial charge in [0.25, 0.3) is 0 Å². The maximum absolute atomic E-state index is 14.8. The van der Waals surface area contributed by atoms with Gasteiger partial charge in [-0.1, -0.05) is 91.0 Å². The van der Waals surface area contributed by atoms with Gasteiger partial charge in [-0.25, -0.2) is 4.39 Å². The second kappa shape index (κ2) is 11.5. The van der Waals surface area contributed by atoms with Crippen molar-refractivity contribution < 1.29 is 8.81 Å². The molecule has 0 saturated heterocycles. The number of hydrogen-bond acceptors (Lipinski definition) is 2. The molecule has 0 aliphatic rings. The molecule has 3 heterocycles. The van der Waals surface area contributed by atoms with Crippen molar-refractivity contribution in [3.63, 3.8) is 0 Å². The molecule has 8 aromatic carbocycles. The second-order valence-corrected chi connectivity index (χ2v) is 13.5. The van der Waals surface area contributed by atoms with Crippen molar-refractivity contribution in [1.82, 2.24) is 9.13 Å². The summed E-state index contributed by atoms with van der Waals surface area (Å²) in [5.74, 6) is -0.253. The molecule has 11 rings (SSSR count). The zero-order valence-corrected chi connectivity index (χ0v) is 28.4. The summed E-state index contributed by atoms with van der Waals surface area (Å²) in [7, 11) is 0. The monoisotopic (exact) mass is 683 g/mol. The number of nitrogens with zero attached hydrogens (tertiary/aromatic N) is 3. The van der Waals surface area contributed by atoms with Crippen LogP contribution in [-0.2, 0) is 0 Å². The van der Waals surface area contributed by atoms with E-state index in [2.05, 4.69) is 147 Å². The topological polar surface area (TPSA) is 26.2 Å². The Hall–Kier alpha value is -7.11. The lowest BCUT2D eigenvalue weighted by Crippen LogP contribution is -2.12. The van der Waals surface area contributed by atoms with E-state index in [9.17, 15) is 4.39 Å². The van der Waals surface area contributed by atoms with Crippen molar-refractivity contribution in [3.8, 4) is 11.4 Å². The van der Waals surface area contributed by atoms with Crippen molar-refractivity contribution in [2.75, 3.05) is 4.90 Å². The maximum atomic E-state index is 14.8. The van der Waals surface area contributed by atoms with Crippen molar-refractivity contribution in [2.24, 2.45) is 0 Å². The van der Waals surface area contributed by atoms with E-state index in [0.29, 0.717) is 0 Å². The van der Waals surface area contributed by atoms with Crippen molar-refractivity contribution in [1.29, 1.82) is 0 Å². The van der Waals surface area contributed by atoms with E-state index >= 15 is 0 Å². The van der Waals surface area contributed by atoms with E-state index < -0.39 is 0 Å². The van der Waals surface area contributed by atoms with Gasteiger partial charge >= 0.3 is 0 Å². The van der Waals surface area contributed by atoms with Crippen LogP contribution in [0.3, 0.4) is 0 Å². The molecule has 0 saturated carbocycles. The minimum absolute atomic E-state index is 0.253. The Labute approximate surface area is 303 Å². The molecule has 0 fully saturated rings. The summed E-state index contributed by atoms with van der Waals surface area (Å²) in [5, 5.41) is 6.33. The summed E-state index contributed by atoms with van der Waals surface area (Å²) < 4.78 is 25.7. The molecular formula is C48H30FN3O. The largest absolute Gasteiger partial charge is 0.456 e. The summed E-state index contributed by atoms with van der Waals surface area (Å²) in [6.07, 6.45) is 0. The average Bonchev–Trinajstić information content (AvgIpc) is 3.86. The number of aromatic nitrogens is 2. The van der Waals surface area contributed by atoms with Crippen molar-refractivity contribution in [3.05, 3.63) is 188 Å². The summed E-state index contributed by atoms with van der Waals surface area (Å²) in [6.45, 7) is 0. The summed E-state index contributed by atoms with van der Waals surface area (Å²) in [4.78, 5) is 2.36. The lowest BCUT2D eigenvalue weighted by molar-refractivity contribution is 0.629. The molecule has 4 nitrogen and oxygen atoms in total. The smallest absolute Gasteiger partial charge is 0.135 e. The van der Waals surface area contributed by atoms with Crippen LogP contribution in [0.4, 0.5) is 21.5 Å². The maximum Gasteiger partial charge on any atom is 0.135 e. The first kappa shape index (κ1) is 29.6. The quantitative estimate of drug-likeness (QED) is 0.180. The first-order valence-corrected chi connectivity index (χ1v) is 17.8. The molecule has 0 radical (unpaired) electrons. The standard InChI is InChI=1S/C48H30FN3O/c49-31-22-26-43-40(28-31)37-25-23-35(30-45(37)51(43)32-12-3-1-4-13-32)50(34-24-27-47-41(29-34)38-17-8-10-21-46(38)53-47)44-20-11-18-39-36-16-7-9-19-42(36)52(48(39)44)33-14-5-2-6-15-33/h1-30H. The van der Waals surface area contributed by atoms with E-state index in [1.165, 1.54) is 5.39 Å². The normalized spacial score (nSPS) is 11.9. The van der Waals surface area contributed by atoms with Crippen molar-refractivity contribution in [2.45, 2.75) is 0 Å². The predicted octanol–water partition coefficient (Wildman–Crippen LogP) is 13.4. The molecule has 53 heavy (non-hydrogen) atoms. The van der Waals surface area contributed by atoms with Gasteiger partial charge in [-0.15, -0.1) is 0 Å². The highest BCUT2D eigenvalue weighted by Gasteiger charge is 2.24. The number of furan rings is 1. The number of fused-ring (bicyclic) bond motifs is 9. The zero-order chi connectivity index (χ0) is 35.0. The highest BCUT2D eigenvalue weighted by Crippen LogP contribution is 2.46. The molecular weight excluding hydrogens is 654 g/mol. The van der Waals surface area contributed by atoms with E-state index in [1.807, 2.05) is 36.4 Å². The molecule has 0 amide bonds. The number of para-hydroxylation sites is 5. The lowest BCUT2D eigenvalue weighted by atomic mass is 10.1. The Kier molecular flexibility index (Phi) is 6.40. The van der Waals surface area contributed by atoms with Gasteiger partial charge in [0, 0.05) is 55.1 Å². The van der Waals surface area contributed by atoms with Crippen LogP contribution in [-0.4, -0.2) is 9.13 Å². The molecule has 0 atom stereocenters. The lowest BCUT2D eigenvalue weighted by Gasteiger charge is -2.27. The van der Waals surface area contributed by atoms with Crippen molar-refractivity contribution >= 4 is 82.6 Å². The molecule has 11 aromatic rings. The van der Waals surface area contributed by atoms with Gasteiger partial charge in [-0.2, -0.15) is 0 Å². The molecule has 0 unspecified atom stereocenters. The van der Waals surface area contributed by atoms with Gasteiger partial charge in [0.2, 0.25) is 0 Å². The third kappa shape index (κ3) is 4.47. The molecule has 3 aromatic heterocycles. The Bertz CT molecular complexity index is 3190. The zero-order valence-electron chi connectivity index (χ0n) is 28.4. The van der Waals surface area contributed by atoms with Crippen LogP contribution in [0.15, 0.2) is 186 Å². The predicted molar refractivity (Wildman–Crippen MR) is 217 cm³/mol. The van der Waals surface area contributed by atoms with Crippen LogP contribution in [0.2, 0.25) is 0 Å². The van der Waals surface area contributed by atoms with Gasteiger partial charge in [0.05, 0.1) is 27.8 Å². The fourth-order valence-corrected chi connectivity index (χ4v) is 8.28. The van der Waals surface area contributed by atoms with Gasteiger partial charge in [0.1, 0.15) is 17.0 Å². The molecule has 0 bridgehead atoms. The molecule has 0 spiro atoms. The van der Waals surface area contributed by atoms with Crippen LogP contribution in [0.5, 0.6) is 0 Å². The Morgan fingerprint density at radius 2 is 1.02 bits per heavy atom. The SMILES string of the molecule is Fc1ccc2c(c1)c1ccc(N(c3ccc4oc5ccccc5c4c3)c3cccc4c5ccccc5n(-c5ccccc5)c34)cc1n2-c1ccccc1. The molecule has 0 N–H and O–H groups in total. The fraction of sp³-hybridized carbons (Fsp3) is 0. The first-order chi connectivity index (χ1) is 26.2. The number of halogens is 1. The third-order valence-electron chi connectivity index (χ3n) is 10.5. The number of hydrogen-bond donors (Lipinski definition) is 0. The summed E-state index contributed by atoms with van der Waals surface area (Å²) in [6, 6.07) is 62.4. The van der Waals surface area contributed by atoms with E-state index in [1.54, 1.807) is 12.1 Å². The van der Waals surface area contributed by atoms with Crippen LogP contribution < -0.4 is 4.90 Å². The average molecular weight is 684 g/mol. The second-order valence-electron chi connectivity index (χ2n) is 13.5. The number of benzene rings is 8. The third-order valence-corrected chi connectivity index (χ3v) is 10.5. The van der Waals surface area contributed by atoms with Crippen LogP contribution in [0.1, 0.15) is 0 Å². The minimum atomic E-state index is -0.253. The highest BCUT2D eigenvalue weighted by molar-refractivity contribution is 6.16. The van der Waals surface area contributed by atoms with Gasteiger partial charge in [-0.3, -0.25) is 0 Å². The Morgan fingerprint density at radius 3 is 1.85 bits per heavy atom. The van der Waals surface area contributed by atoms with Crippen LogP contribution in [0, 0.1) is 5.82 Å². The fourth-order valence-electron chi connectivity index (χ4n) is 8.28. The van der Waals surface area contributed by atoms with Gasteiger partial charge in [0.15, 0.2) is 0 Å². The number of anilines is 3. The molecule has 250 valence electrons. The molecule has 0 aliphatic carbocycles. The molecule has 5 heteroatoms. The highest BCUT2D eigenvalue weighted by atomic mass is 19.1. The van der Waals surface area contributed by atoms with E-state index in [-0.39, 0.29) is 5.82 Å². The van der Waals surface area contributed by atoms with E-state index in [4.69, 9.17) is 4.42 Å². The summed E-state index contributed by atoms with van der Waals surface area (Å²) >= 11 is 0. The van der Waals surface area contributed by atoms with Gasteiger partial charge in [-0.05, 0) is 91.0 Å². The van der Waals surface area contributed by atoms with E-state index in [0.717, 1.165) is 88.6 Å². The minimum Gasteiger partial charge on any atom is -0.456 e. The molecule has 0 aliphatic heterocycles. The van der Waals surface area contributed by atoms with Crippen LogP contribution >= 0.6 is 0 Å². The van der Waals surface area contributed by atoms with Gasteiger partial charge < -0.3 is 18.5 Å². The Balaban J connectivity index is 1.26. The summed E-state index contributed by atoms with van der Waals surface area (Å²) in [5.41, 5.74) is 11.0. The number of rotatable bonds is 5. The first-order valence-electron chi connectivity index (χ1n) is 17.8. The van der Waals surface area contributed by atoms with Crippen LogP contribution in [0.25, 0.3) is 76.9 Å².